The summed E-state index contributed by atoms with van der Waals surface area (Å²) in [4.78, 5) is 4.74. The van der Waals surface area contributed by atoms with Crippen molar-refractivity contribution in [2.75, 3.05) is 0 Å². The number of fused-ring (bicyclic) bond motifs is 1. The summed E-state index contributed by atoms with van der Waals surface area (Å²) in [6.07, 6.45) is 3.80. The molecule has 0 amide bonds. The summed E-state index contributed by atoms with van der Waals surface area (Å²) in [7, 11) is 0. The first-order chi connectivity index (χ1) is 19.9. The van der Waals surface area contributed by atoms with Gasteiger partial charge in [0.25, 0.3) is 0 Å². The molecule has 0 saturated carbocycles. The van der Waals surface area contributed by atoms with E-state index >= 15 is 0 Å². The molecule has 4 nitrogen and oxygen atoms in total. The van der Waals surface area contributed by atoms with E-state index in [-0.39, 0.29) is 5.88 Å². The molecule has 0 radical (unpaired) electrons. The minimum atomic E-state index is 0.274. The SMILES string of the molecule is Cc1ccc(-c2oc(N=Cc3cn(Cc4ccc(Cl)cc4Cl)c4ccccc34)c(C#N)c2-c2ccc(C)cc2)cc1. The van der Waals surface area contributed by atoms with E-state index in [9.17, 15) is 5.26 Å². The van der Waals surface area contributed by atoms with E-state index in [1.807, 2.05) is 92.8 Å². The molecule has 0 aliphatic carbocycles. The van der Waals surface area contributed by atoms with Gasteiger partial charge in [0.15, 0.2) is 0 Å². The van der Waals surface area contributed by atoms with E-state index in [1.54, 1.807) is 12.3 Å². The Kier molecular flexibility index (Phi) is 7.24. The number of nitrogens with zero attached hydrogens (tertiary/aromatic N) is 3. The first kappa shape index (κ1) is 26.7. The summed E-state index contributed by atoms with van der Waals surface area (Å²) in [6.45, 7) is 4.66. The molecule has 0 fully saturated rings. The molecule has 0 saturated heterocycles. The van der Waals surface area contributed by atoms with Crippen LogP contribution in [0.2, 0.25) is 10.0 Å². The largest absolute Gasteiger partial charge is 0.436 e. The highest BCUT2D eigenvalue weighted by atomic mass is 35.5. The van der Waals surface area contributed by atoms with Crippen molar-refractivity contribution >= 4 is 46.2 Å². The second kappa shape index (κ2) is 11.1. The number of halogens is 2. The van der Waals surface area contributed by atoms with Gasteiger partial charge in [-0.05, 0) is 43.2 Å². The molecular formula is C35H25Cl2N3O. The Balaban J connectivity index is 1.45. The van der Waals surface area contributed by atoms with Crippen LogP contribution in [-0.2, 0) is 6.54 Å². The monoisotopic (exact) mass is 573 g/mol. The van der Waals surface area contributed by atoms with E-state index in [2.05, 4.69) is 22.8 Å². The lowest BCUT2D eigenvalue weighted by Crippen LogP contribution is -1.98. The van der Waals surface area contributed by atoms with Crippen molar-refractivity contribution in [3.05, 3.63) is 135 Å². The number of benzene rings is 4. The van der Waals surface area contributed by atoms with Crippen molar-refractivity contribution in [3.8, 4) is 28.5 Å². The van der Waals surface area contributed by atoms with Crippen LogP contribution in [0, 0.1) is 25.2 Å². The van der Waals surface area contributed by atoms with Crippen LogP contribution < -0.4 is 0 Å². The highest BCUT2D eigenvalue weighted by Crippen LogP contribution is 2.42. The van der Waals surface area contributed by atoms with Crippen molar-refractivity contribution in [2.45, 2.75) is 20.4 Å². The van der Waals surface area contributed by atoms with Gasteiger partial charge in [-0.2, -0.15) is 5.26 Å². The van der Waals surface area contributed by atoms with Crippen molar-refractivity contribution in [3.63, 3.8) is 0 Å². The maximum Gasteiger partial charge on any atom is 0.238 e. The molecular weight excluding hydrogens is 549 g/mol. The summed E-state index contributed by atoms with van der Waals surface area (Å²) in [5.41, 5.74) is 8.13. The molecule has 41 heavy (non-hydrogen) atoms. The van der Waals surface area contributed by atoms with Crippen LogP contribution in [0.3, 0.4) is 0 Å². The summed E-state index contributed by atoms with van der Waals surface area (Å²) >= 11 is 12.6. The van der Waals surface area contributed by atoms with E-state index in [4.69, 9.17) is 32.6 Å². The average Bonchev–Trinajstić information content (AvgIpc) is 3.52. The van der Waals surface area contributed by atoms with Gasteiger partial charge in [0.1, 0.15) is 17.4 Å². The molecule has 0 aliphatic heterocycles. The van der Waals surface area contributed by atoms with Gasteiger partial charge in [0.05, 0.1) is 0 Å². The van der Waals surface area contributed by atoms with Crippen LogP contribution in [0.1, 0.15) is 27.8 Å². The zero-order valence-corrected chi connectivity index (χ0v) is 24.0. The average molecular weight is 575 g/mol. The molecule has 0 bridgehead atoms. The highest BCUT2D eigenvalue weighted by molar-refractivity contribution is 6.35. The molecule has 0 aliphatic rings. The first-order valence-corrected chi connectivity index (χ1v) is 13.9. The number of hydrogen-bond acceptors (Lipinski definition) is 3. The minimum Gasteiger partial charge on any atom is -0.436 e. The summed E-state index contributed by atoms with van der Waals surface area (Å²) in [5, 5.41) is 12.5. The van der Waals surface area contributed by atoms with Crippen molar-refractivity contribution in [1.82, 2.24) is 4.57 Å². The predicted molar refractivity (Wildman–Crippen MR) is 169 cm³/mol. The Labute approximate surface area is 248 Å². The number of aryl methyl sites for hydroxylation is 2. The van der Waals surface area contributed by atoms with Crippen LogP contribution in [-0.4, -0.2) is 10.8 Å². The predicted octanol–water partition coefficient (Wildman–Crippen LogP) is 10.2. The summed E-state index contributed by atoms with van der Waals surface area (Å²) in [5.74, 6) is 0.897. The Morgan fingerprint density at radius 2 is 1.56 bits per heavy atom. The third kappa shape index (κ3) is 5.30. The topological polar surface area (TPSA) is 54.2 Å². The van der Waals surface area contributed by atoms with Gasteiger partial charge in [-0.1, -0.05) is 107 Å². The molecule has 4 aromatic carbocycles. The smallest absolute Gasteiger partial charge is 0.238 e. The van der Waals surface area contributed by atoms with E-state index in [0.717, 1.165) is 49.8 Å². The summed E-state index contributed by atoms with van der Waals surface area (Å²) in [6, 6.07) is 32.2. The quantitative estimate of drug-likeness (QED) is 0.186. The zero-order chi connectivity index (χ0) is 28.5. The number of aliphatic imine (C=N–C) groups is 1. The zero-order valence-electron chi connectivity index (χ0n) is 22.5. The lowest BCUT2D eigenvalue weighted by molar-refractivity contribution is 0.593. The Morgan fingerprint density at radius 1 is 0.878 bits per heavy atom. The molecule has 6 aromatic rings. The normalized spacial score (nSPS) is 11.4. The molecule has 2 heterocycles. The fourth-order valence-electron chi connectivity index (χ4n) is 4.99. The van der Waals surface area contributed by atoms with Crippen molar-refractivity contribution < 1.29 is 4.42 Å². The van der Waals surface area contributed by atoms with Crippen LogP contribution in [0.5, 0.6) is 0 Å². The minimum absolute atomic E-state index is 0.274. The Hall–Kier alpha value is -4.56. The fourth-order valence-corrected chi connectivity index (χ4v) is 5.46. The van der Waals surface area contributed by atoms with Crippen LogP contribution in [0.25, 0.3) is 33.4 Å². The van der Waals surface area contributed by atoms with Gasteiger partial charge in [-0.25, -0.2) is 4.99 Å². The van der Waals surface area contributed by atoms with Crippen LogP contribution >= 0.6 is 23.2 Å². The first-order valence-electron chi connectivity index (χ1n) is 13.2. The van der Waals surface area contributed by atoms with Crippen molar-refractivity contribution in [1.29, 1.82) is 5.26 Å². The second-order valence-electron chi connectivity index (χ2n) is 10.1. The van der Waals surface area contributed by atoms with Gasteiger partial charge in [0.2, 0.25) is 5.88 Å². The van der Waals surface area contributed by atoms with Crippen LogP contribution in [0.4, 0.5) is 5.88 Å². The van der Waals surface area contributed by atoms with Gasteiger partial charge in [0, 0.05) is 56.6 Å². The molecule has 0 spiro atoms. The molecule has 0 unspecified atom stereocenters. The molecule has 200 valence electrons. The van der Waals surface area contributed by atoms with E-state index in [0.29, 0.717) is 27.9 Å². The molecule has 2 aromatic heterocycles. The third-order valence-corrected chi connectivity index (χ3v) is 7.74. The number of furan rings is 1. The Morgan fingerprint density at radius 3 is 2.24 bits per heavy atom. The Bertz CT molecular complexity index is 1960. The second-order valence-corrected chi connectivity index (χ2v) is 10.9. The number of para-hydroxylation sites is 1. The number of aromatic nitrogens is 1. The lowest BCUT2D eigenvalue weighted by Gasteiger charge is -2.08. The number of rotatable bonds is 6. The number of hydrogen-bond donors (Lipinski definition) is 0. The third-order valence-electron chi connectivity index (χ3n) is 7.15. The maximum atomic E-state index is 10.3. The molecule has 0 atom stereocenters. The van der Waals surface area contributed by atoms with E-state index < -0.39 is 0 Å². The van der Waals surface area contributed by atoms with Crippen LogP contribution in [0.15, 0.2) is 107 Å². The molecule has 6 heteroatoms. The number of nitriles is 1. The highest BCUT2D eigenvalue weighted by Gasteiger charge is 2.23. The molecule has 0 N–H and O–H groups in total. The van der Waals surface area contributed by atoms with E-state index in [1.165, 1.54) is 0 Å². The van der Waals surface area contributed by atoms with Crippen molar-refractivity contribution in [2.24, 2.45) is 4.99 Å². The summed E-state index contributed by atoms with van der Waals surface area (Å²) < 4.78 is 8.49. The maximum absolute atomic E-state index is 10.3. The van der Waals surface area contributed by atoms with Gasteiger partial charge < -0.3 is 8.98 Å². The fraction of sp³-hybridized carbons (Fsp3) is 0.0857. The van der Waals surface area contributed by atoms with Gasteiger partial charge >= 0.3 is 0 Å². The van der Waals surface area contributed by atoms with Gasteiger partial charge in [-0.3, -0.25) is 0 Å². The standard InChI is InChI=1S/C35H25Cl2N3O/c1-22-7-11-24(12-8-22)33-30(18-38)35(41-34(33)25-13-9-23(2)10-14-25)39-19-27-21-40(32-6-4-3-5-29(27)32)20-26-15-16-28(36)17-31(26)37/h3-17,19,21H,20H2,1-2H3. The molecule has 6 rings (SSSR count). The lowest BCUT2D eigenvalue weighted by atomic mass is 9.97. The van der Waals surface area contributed by atoms with Gasteiger partial charge in [-0.15, -0.1) is 0 Å².